The lowest BCUT2D eigenvalue weighted by molar-refractivity contribution is -0.000258. The van der Waals surface area contributed by atoms with Gasteiger partial charge in [-0.05, 0) is 25.9 Å². The molecule has 2 aliphatic heterocycles. The number of nitrogens with one attached hydrogen (secondary N) is 1. The summed E-state index contributed by atoms with van der Waals surface area (Å²) in [5.74, 6) is -0.585. The molecule has 0 radical (unpaired) electrons. The summed E-state index contributed by atoms with van der Waals surface area (Å²) < 4.78 is 52.3. The Morgan fingerprint density at radius 1 is 1.43 bits per heavy atom. The molecule has 1 N–H and O–H groups in total. The highest BCUT2D eigenvalue weighted by Crippen LogP contribution is 2.35. The normalized spacial score (nSPS) is 33.6. The van der Waals surface area contributed by atoms with Gasteiger partial charge in [-0.2, -0.15) is 0 Å². The number of fused-ring (bicyclic) bond motifs is 3. The molecule has 2 fully saturated rings. The molecule has 2 saturated heterocycles. The Morgan fingerprint density at radius 2 is 2.24 bits per heavy atom. The van der Waals surface area contributed by atoms with E-state index >= 15 is 0 Å². The summed E-state index contributed by atoms with van der Waals surface area (Å²) in [6.07, 6.45) is 3.62. The number of carbonyl (C=O) groups is 1. The van der Waals surface area contributed by atoms with E-state index in [1.807, 2.05) is 0 Å². The molecule has 2 aromatic rings. The topological polar surface area (TPSA) is 45.3 Å². The summed E-state index contributed by atoms with van der Waals surface area (Å²) >= 11 is 0. The molecule has 1 unspecified atom stereocenters. The molecule has 3 atom stereocenters. The first-order chi connectivity index (χ1) is 12.7. The first kappa shape index (κ1) is 7.99. The third-order valence-electron chi connectivity index (χ3n) is 4.57. The van der Waals surface area contributed by atoms with Crippen LogP contribution in [0.25, 0.3) is 10.9 Å². The molecule has 4 rings (SSSR count). The zero-order valence-corrected chi connectivity index (χ0v) is 11.5. The third kappa shape index (κ3) is 2.14. The van der Waals surface area contributed by atoms with Crippen molar-refractivity contribution in [2.24, 2.45) is 0 Å². The van der Waals surface area contributed by atoms with Gasteiger partial charge in [0.05, 0.1) is 9.68 Å². The zero-order valence-electron chi connectivity index (χ0n) is 17.5. The highest BCUT2D eigenvalue weighted by Gasteiger charge is 2.40. The molecule has 0 aliphatic carbocycles. The highest BCUT2D eigenvalue weighted by atomic mass is 16.5. The molecule has 0 saturated carbocycles. The Bertz CT molecular complexity index is 895. The standard InChI is InChI=1S/C17H20N2O2/c1-19-11-6-7-12(19)9-13(8-11)21-17(20)15-10-18-16-5-3-2-4-14(15)16/h2-5,10-13,18H,6-9H2,1H3/t11-,12+,13?/i1D3,2D,3D,4D. The van der Waals surface area contributed by atoms with Gasteiger partial charge in [0.25, 0.3) is 0 Å². The monoisotopic (exact) mass is 290 g/mol. The maximum absolute atomic E-state index is 12.7. The van der Waals surface area contributed by atoms with Crippen LogP contribution in [0.5, 0.6) is 0 Å². The molecule has 4 nitrogen and oxygen atoms in total. The van der Waals surface area contributed by atoms with Gasteiger partial charge < -0.3 is 14.6 Å². The van der Waals surface area contributed by atoms with Crippen LogP contribution in [0.2, 0.25) is 0 Å². The van der Waals surface area contributed by atoms with Gasteiger partial charge in [0.2, 0.25) is 0 Å². The number of nitrogens with zero attached hydrogens (tertiary/aromatic N) is 1. The van der Waals surface area contributed by atoms with Gasteiger partial charge in [0.15, 0.2) is 0 Å². The number of ether oxygens (including phenoxy) is 1. The second kappa shape index (κ2) is 4.88. The fraction of sp³-hybridized carbons (Fsp3) is 0.471. The Morgan fingerprint density at radius 3 is 3.00 bits per heavy atom. The summed E-state index contributed by atoms with van der Waals surface area (Å²) in [6.45, 7) is -2.13. The number of hydrogen-bond donors (Lipinski definition) is 1. The van der Waals surface area contributed by atoms with Crippen molar-refractivity contribution in [2.75, 3.05) is 6.98 Å². The second-order valence-corrected chi connectivity index (χ2v) is 5.82. The number of aromatic nitrogens is 1. The van der Waals surface area contributed by atoms with Crippen LogP contribution in [0.4, 0.5) is 0 Å². The number of aromatic amines is 1. The lowest BCUT2D eigenvalue weighted by atomic mass is 10.0. The molecule has 4 heteroatoms. The van der Waals surface area contributed by atoms with Crippen molar-refractivity contribution in [3.8, 4) is 0 Å². The number of esters is 1. The molecule has 21 heavy (non-hydrogen) atoms. The van der Waals surface area contributed by atoms with Crippen LogP contribution >= 0.6 is 0 Å². The molecule has 0 spiro atoms. The van der Waals surface area contributed by atoms with E-state index in [-0.39, 0.29) is 47.3 Å². The van der Waals surface area contributed by atoms with Crippen molar-refractivity contribution in [1.29, 1.82) is 0 Å². The minimum atomic E-state index is -2.13. The molecular formula is C17H20N2O2. The van der Waals surface area contributed by atoms with Crippen LogP contribution in [-0.2, 0) is 4.74 Å². The van der Waals surface area contributed by atoms with E-state index in [1.54, 1.807) is 4.90 Å². The van der Waals surface area contributed by atoms with Crippen LogP contribution in [-0.4, -0.2) is 41.0 Å². The van der Waals surface area contributed by atoms with Crippen LogP contribution in [0.3, 0.4) is 0 Å². The Labute approximate surface area is 132 Å². The fourth-order valence-corrected chi connectivity index (χ4v) is 3.49. The van der Waals surface area contributed by atoms with E-state index in [2.05, 4.69) is 4.98 Å². The summed E-state index contributed by atoms with van der Waals surface area (Å²) in [7, 11) is 0. The van der Waals surface area contributed by atoms with Crippen molar-refractivity contribution in [2.45, 2.75) is 43.9 Å². The van der Waals surface area contributed by atoms with E-state index in [9.17, 15) is 4.79 Å². The van der Waals surface area contributed by atoms with Crippen molar-refractivity contribution < 1.29 is 17.8 Å². The summed E-state index contributed by atoms with van der Waals surface area (Å²) in [4.78, 5) is 17.1. The number of para-hydroxylation sites is 1. The van der Waals surface area contributed by atoms with E-state index in [0.29, 0.717) is 18.4 Å². The van der Waals surface area contributed by atoms with Gasteiger partial charge in [0.1, 0.15) is 6.10 Å². The van der Waals surface area contributed by atoms with Gasteiger partial charge in [0, 0.05) is 46.1 Å². The van der Waals surface area contributed by atoms with E-state index in [0.717, 1.165) is 12.8 Å². The molecule has 0 amide bonds. The van der Waals surface area contributed by atoms with Gasteiger partial charge in [-0.25, -0.2) is 4.79 Å². The number of H-pyrrole nitrogens is 1. The maximum atomic E-state index is 12.7. The average molecular weight is 290 g/mol. The lowest BCUT2D eigenvalue weighted by Crippen LogP contribution is -2.43. The molecule has 1 aromatic carbocycles. The van der Waals surface area contributed by atoms with Gasteiger partial charge in [-0.15, -0.1) is 0 Å². The first-order valence-corrected chi connectivity index (χ1v) is 7.24. The zero-order chi connectivity index (χ0) is 19.5. The molecular weight excluding hydrogens is 264 g/mol. The van der Waals surface area contributed by atoms with Crippen LogP contribution in [0, 0.1) is 0 Å². The Hall–Kier alpha value is -1.81. The number of benzene rings is 1. The maximum Gasteiger partial charge on any atom is 0.340 e. The molecule has 2 bridgehead atoms. The fourth-order valence-electron chi connectivity index (χ4n) is 3.49. The van der Waals surface area contributed by atoms with Crippen LogP contribution in [0.1, 0.15) is 44.3 Å². The summed E-state index contributed by atoms with van der Waals surface area (Å²) in [5, 5.41) is 0.281. The minimum absolute atomic E-state index is 0.0807. The Balaban J connectivity index is 1.55. The van der Waals surface area contributed by atoms with Gasteiger partial charge in [-0.3, -0.25) is 0 Å². The van der Waals surface area contributed by atoms with E-state index in [4.69, 9.17) is 13.0 Å². The number of carbonyl (C=O) groups excluding carboxylic acids is 1. The highest BCUT2D eigenvalue weighted by molar-refractivity contribution is 6.04. The van der Waals surface area contributed by atoms with Crippen molar-refractivity contribution >= 4 is 16.9 Å². The van der Waals surface area contributed by atoms with Crippen LogP contribution < -0.4 is 0 Å². The first-order valence-electron chi connectivity index (χ1n) is 10.2. The van der Waals surface area contributed by atoms with Gasteiger partial charge in [-0.1, -0.05) is 18.1 Å². The average Bonchev–Trinajstić information content (AvgIpc) is 3.12. The molecule has 2 aliphatic rings. The second-order valence-electron chi connectivity index (χ2n) is 5.82. The quantitative estimate of drug-likeness (QED) is 0.865. The summed E-state index contributed by atoms with van der Waals surface area (Å²) in [5.41, 5.74) is 0.624. The van der Waals surface area contributed by atoms with Crippen molar-refractivity contribution in [3.05, 3.63) is 36.0 Å². The number of piperidine rings is 1. The lowest BCUT2D eigenvalue weighted by Gasteiger charge is -2.35. The third-order valence-corrected chi connectivity index (χ3v) is 4.57. The predicted octanol–water partition coefficient (Wildman–Crippen LogP) is 2.95. The number of hydrogen-bond acceptors (Lipinski definition) is 3. The molecule has 3 heterocycles. The van der Waals surface area contributed by atoms with Gasteiger partial charge >= 0.3 is 5.97 Å². The summed E-state index contributed by atoms with van der Waals surface area (Å²) in [6, 6.07) is 0.691. The molecule has 1 aromatic heterocycles. The predicted molar refractivity (Wildman–Crippen MR) is 81.3 cm³/mol. The number of rotatable bonds is 2. The van der Waals surface area contributed by atoms with E-state index in [1.165, 1.54) is 12.3 Å². The minimum Gasteiger partial charge on any atom is -0.459 e. The van der Waals surface area contributed by atoms with Crippen molar-refractivity contribution in [1.82, 2.24) is 9.88 Å². The van der Waals surface area contributed by atoms with Crippen LogP contribution in [0.15, 0.2) is 30.4 Å². The molecule has 110 valence electrons. The van der Waals surface area contributed by atoms with E-state index < -0.39 is 12.9 Å². The smallest absolute Gasteiger partial charge is 0.340 e. The van der Waals surface area contributed by atoms with Crippen molar-refractivity contribution in [3.63, 3.8) is 0 Å². The SMILES string of the molecule is [2H]c1cc2[nH]cc(C(=O)OC3C[C@H]4CC[C@@H](C3)N4C([2H])([2H])[2H])c2c([2H])c1[2H]. The Kier molecular flexibility index (Phi) is 1.86. The largest absolute Gasteiger partial charge is 0.459 e.